The van der Waals surface area contributed by atoms with E-state index in [0.717, 1.165) is 15.9 Å². The fraction of sp³-hybridized carbons (Fsp3) is 0.0556. The lowest BCUT2D eigenvalue weighted by atomic mass is 10.2. The van der Waals surface area contributed by atoms with E-state index in [1.807, 2.05) is 54.6 Å². The summed E-state index contributed by atoms with van der Waals surface area (Å²) in [5.41, 5.74) is 8.78. The van der Waals surface area contributed by atoms with Crippen LogP contribution in [0.5, 0.6) is 0 Å². The molecule has 0 radical (unpaired) electrons. The molecule has 6 nitrogen and oxygen atoms in total. The Morgan fingerprint density at radius 1 is 1.12 bits per heavy atom. The van der Waals surface area contributed by atoms with Crippen molar-refractivity contribution in [1.82, 2.24) is 14.8 Å². The largest absolute Gasteiger partial charge is 0.464 e. The third-order valence-corrected chi connectivity index (χ3v) is 4.84. The Hall–Kier alpha value is -3.19. The zero-order valence-electron chi connectivity index (χ0n) is 13.3. The van der Waals surface area contributed by atoms with Crippen LogP contribution in [-0.2, 0) is 4.74 Å². The van der Waals surface area contributed by atoms with Crippen molar-refractivity contribution in [2.24, 2.45) is 0 Å². The van der Waals surface area contributed by atoms with Gasteiger partial charge < -0.3 is 10.5 Å². The summed E-state index contributed by atoms with van der Waals surface area (Å²) >= 11 is 1.48. The number of hydrogen-bond acceptors (Lipinski definition) is 6. The predicted molar refractivity (Wildman–Crippen MR) is 97.9 cm³/mol. The van der Waals surface area contributed by atoms with E-state index < -0.39 is 5.97 Å². The third-order valence-electron chi connectivity index (χ3n) is 3.80. The van der Waals surface area contributed by atoms with Gasteiger partial charge in [-0.25, -0.2) is 14.5 Å². The van der Waals surface area contributed by atoms with Gasteiger partial charge in [0.05, 0.1) is 28.7 Å². The van der Waals surface area contributed by atoms with Crippen LogP contribution in [-0.4, -0.2) is 27.8 Å². The van der Waals surface area contributed by atoms with Crippen molar-refractivity contribution in [3.63, 3.8) is 0 Å². The molecule has 0 saturated carbocycles. The van der Waals surface area contributed by atoms with Gasteiger partial charge in [-0.3, -0.25) is 0 Å². The molecule has 7 heteroatoms. The number of nitrogen functional groups attached to an aromatic ring is 1. The zero-order valence-corrected chi connectivity index (χ0v) is 14.2. The number of carbonyl (C=O) groups is 1. The number of rotatable bonds is 3. The van der Waals surface area contributed by atoms with Crippen molar-refractivity contribution in [2.45, 2.75) is 0 Å². The summed E-state index contributed by atoms with van der Waals surface area (Å²) in [6, 6.07) is 17.1. The molecule has 0 amide bonds. The van der Waals surface area contributed by atoms with E-state index in [-0.39, 0.29) is 11.4 Å². The fourth-order valence-corrected chi connectivity index (χ4v) is 3.58. The van der Waals surface area contributed by atoms with E-state index in [1.165, 1.54) is 23.1 Å². The molecule has 2 aromatic heterocycles. The van der Waals surface area contributed by atoms with Crippen LogP contribution in [0.1, 0.15) is 10.5 Å². The molecule has 2 N–H and O–H groups in total. The number of nitrogens with two attached hydrogens (primary N) is 1. The quantitative estimate of drug-likeness (QED) is 0.572. The van der Waals surface area contributed by atoms with Crippen LogP contribution >= 0.6 is 11.3 Å². The van der Waals surface area contributed by atoms with Crippen LogP contribution < -0.4 is 5.73 Å². The molecule has 2 aromatic carbocycles. The van der Waals surface area contributed by atoms with Gasteiger partial charge in [0.2, 0.25) is 0 Å². The number of ether oxygens (including phenoxy) is 1. The first kappa shape index (κ1) is 15.3. The number of para-hydroxylation sites is 2. The minimum Gasteiger partial charge on any atom is -0.464 e. The van der Waals surface area contributed by atoms with Gasteiger partial charge in [0.1, 0.15) is 10.7 Å². The summed E-state index contributed by atoms with van der Waals surface area (Å²) in [5.74, 6) is -0.541. The molecule has 2 heterocycles. The van der Waals surface area contributed by atoms with E-state index in [4.69, 9.17) is 10.5 Å². The lowest BCUT2D eigenvalue weighted by Crippen LogP contribution is -2.12. The first-order valence-electron chi connectivity index (χ1n) is 7.57. The van der Waals surface area contributed by atoms with Crippen molar-refractivity contribution in [3.8, 4) is 16.4 Å². The minimum atomic E-state index is -0.541. The number of aromatic nitrogens is 3. The van der Waals surface area contributed by atoms with Crippen LogP contribution in [0.4, 0.5) is 5.69 Å². The number of esters is 1. The van der Waals surface area contributed by atoms with E-state index in [9.17, 15) is 4.79 Å². The highest BCUT2D eigenvalue weighted by Crippen LogP contribution is 2.35. The molecule has 124 valence electrons. The highest BCUT2D eigenvalue weighted by molar-refractivity contribution is 7.21. The van der Waals surface area contributed by atoms with Crippen LogP contribution in [0, 0.1) is 0 Å². The second kappa shape index (κ2) is 6.03. The van der Waals surface area contributed by atoms with Gasteiger partial charge in [0.15, 0.2) is 5.69 Å². The van der Waals surface area contributed by atoms with E-state index in [0.29, 0.717) is 10.7 Å². The number of hydrogen-bond donors (Lipinski definition) is 1. The van der Waals surface area contributed by atoms with Gasteiger partial charge in [-0.05, 0) is 24.3 Å². The summed E-state index contributed by atoms with van der Waals surface area (Å²) in [6.45, 7) is 0. The molecular formula is C18H14N4O2S. The monoisotopic (exact) mass is 350 g/mol. The van der Waals surface area contributed by atoms with Gasteiger partial charge in [-0.15, -0.1) is 11.3 Å². The average Bonchev–Trinajstić information content (AvgIpc) is 3.22. The summed E-state index contributed by atoms with van der Waals surface area (Å²) in [7, 11) is 1.32. The Kier molecular flexibility index (Phi) is 3.70. The lowest BCUT2D eigenvalue weighted by Gasteiger charge is -2.05. The molecule has 4 rings (SSSR count). The molecule has 0 saturated heterocycles. The smallest absolute Gasteiger partial charge is 0.358 e. The Morgan fingerprint density at radius 2 is 1.84 bits per heavy atom. The maximum atomic E-state index is 12.3. The van der Waals surface area contributed by atoms with E-state index >= 15 is 0 Å². The third kappa shape index (κ3) is 2.54. The molecular weight excluding hydrogens is 336 g/mol. The zero-order chi connectivity index (χ0) is 17.4. The van der Waals surface area contributed by atoms with Crippen molar-refractivity contribution in [2.75, 3.05) is 12.8 Å². The Bertz CT molecular complexity index is 1040. The average molecular weight is 350 g/mol. The van der Waals surface area contributed by atoms with Crippen molar-refractivity contribution in [3.05, 3.63) is 60.3 Å². The normalized spacial score (nSPS) is 10.9. The van der Waals surface area contributed by atoms with Crippen LogP contribution in [0.15, 0.2) is 54.6 Å². The molecule has 0 spiro atoms. The van der Waals surface area contributed by atoms with Crippen LogP contribution in [0.25, 0.3) is 26.6 Å². The predicted octanol–water partition coefficient (Wildman–Crippen LogP) is 3.52. The molecule has 0 unspecified atom stereocenters. The molecule has 25 heavy (non-hydrogen) atoms. The standard InChI is InChI=1S/C18H14N4O2S/c1-24-18(23)16-14(19)15(21-22(16)11-7-3-2-4-8-11)17-20-12-9-5-6-10-13(12)25-17/h2-10H,19H2,1H3. The molecule has 0 aliphatic heterocycles. The number of methoxy groups -OCH3 is 1. The van der Waals surface area contributed by atoms with Crippen molar-refractivity contribution < 1.29 is 9.53 Å². The fourth-order valence-electron chi connectivity index (χ4n) is 2.61. The topological polar surface area (TPSA) is 83.0 Å². The number of nitrogens with zero attached hydrogens (tertiary/aromatic N) is 3. The van der Waals surface area contributed by atoms with Crippen molar-refractivity contribution in [1.29, 1.82) is 0 Å². The van der Waals surface area contributed by atoms with Crippen LogP contribution in [0.3, 0.4) is 0 Å². The minimum absolute atomic E-state index is 0.197. The second-order valence-corrected chi connectivity index (χ2v) is 6.37. The van der Waals surface area contributed by atoms with E-state index in [1.54, 1.807) is 0 Å². The van der Waals surface area contributed by atoms with Gasteiger partial charge in [0.25, 0.3) is 0 Å². The molecule has 0 atom stereocenters. The number of anilines is 1. The number of thiazole rings is 1. The van der Waals surface area contributed by atoms with Crippen molar-refractivity contribution >= 4 is 33.2 Å². The summed E-state index contributed by atoms with van der Waals surface area (Å²) in [4.78, 5) is 16.9. The Morgan fingerprint density at radius 3 is 2.56 bits per heavy atom. The van der Waals surface area contributed by atoms with E-state index in [2.05, 4.69) is 10.1 Å². The maximum absolute atomic E-state index is 12.3. The molecule has 0 bridgehead atoms. The summed E-state index contributed by atoms with van der Waals surface area (Å²) < 4.78 is 7.43. The molecule has 0 aliphatic rings. The summed E-state index contributed by atoms with van der Waals surface area (Å²) in [6.07, 6.45) is 0. The highest BCUT2D eigenvalue weighted by atomic mass is 32.1. The Labute approximate surface area is 147 Å². The first-order valence-corrected chi connectivity index (χ1v) is 8.39. The second-order valence-electron chi connectivity index (χ2n) is 5.34. The maximum Gasteiger partial charge on any atom is 0.358 e. The first-order chi connectivity index (χ1) is 12.2. The molecule has 0 fully saturated rings. The summed E-state index contributed by atoms with van der Waals surface area (Å²) in [5, 5.41) is 5.22. The highest BCUT2D eigenvalue weighted by Gasteiger charge is 2.25. The molecule has 4 aromatic rings. The number of benzene rings is 2. The molecule has 0 aliphatic carbocycles. The lowest BCUT2D eigenvalue weighted by molar-refractivity contribution is 0.0591. The Balaban J connectivity index is 1.94. The van der Waals surface area contributed by atoms with Crippen LogP contribution in [0.2, 0.25) is 0 Å². The van der Waals surface area contributed by atoms with Gasteiger partial charge >= 0.3 is 5.97 Å². The SMILES string of the molecule is COC(=O)c1c(N)c(-c2nc3ccccc3s2)nn1-c1ccccc1. The van der Waals surface area contributed by atoms with Gasteiger partial charge in [-0.2, -0.15) is 5.10 Å². The van der Waals surface area contributed by atoms with Gasteiger partial charge in [0, 0.05) is 0 Å². The van der Waals surface area contributed by atoms with Gasteiger partial charge in [-0.1, -0.05) is 30.3 Å². The number of carbonyl (C=O) groups excluding carboxylic acids is 1. The number of fused-ring (bicyclic) bond motifs is 1.